The zero-order valence-electron chi connectivity index (χ0n) is 16.7. The van der Waals surface area contributed by atoms with Gasteiger partial charge in [0, 0.05) is 42.4 Å². The van der Waals surface area contributed by atoms with Crippen molar-refractivity contribution < 1.29 is 13.9 Å². The van der Waals surface area contributed by atoms with Gasteiger partial charge in [0.1, 0.15) is 17.2 Å². The van der Waals surface area contributed by atoms with Crippen LogP contribution in [0.4, 0.5) is 9.18 Å². The number of nitrogens with one attached hydrogen (secondary N) is 1. The second-order valence-corrected chi connectivity index (χ2v) is 9.05. The first-order valence-electron chi connectivity index (χ1n) is 9.62. The summed E-state index contributed by atoms with van der Waals surface area (Å²) in [5.74, 6) is 0.153. The van der Waals surface area contributed by atoms with E-state index in [1.54, 1.807) is 18.5 Å². The number of hydrogen-bond acceptors (Lipinski definition) is 3. The second kappa shape index (κ2) is 6.47. The summed E-state index contributed by atoms with van der Waals surface area (Å²) in [5.41, 5.74) is 1.40. The van der Waals surface area contributed by atoms with Crippen LogP contribution in [0.25, 0.3) is 0 Å². The van der Waals surface area contributed by atoms with Crippen LogP contribution in [0.15, 0.2) is 42.7 Å². The van der Waals surface area contributed by atoms with Gasteiger partial charge in [-0.15, -0.1) is 0 Å². The third kappa shape index (κ3) is 3.32. The molecule has 2 aromatic rings. The number of pyridine rings is 1. The number of ether oxygens (including phenoxy) is 1. The minimum Gasteiger partial charge on any atom is -0.487 e. The molecule has 148 valence electrons. The SMILES string of the molecule is CC1(C)CC(NC(=O)N2CC(C)(C)C2c2ccncc2)c2ccc(F)cc2O1. The molecule has 1 aromatic carbocycles. The lowest BCUT2D eigenvalue weighted by Gasteiger charge is -2.54. The third-order valence-electron chi connectivity index (χ3n) is 5.64. The average Bonchev–Trinajstić information content (AvgIpc) is 2.59. The highest BCUT2D eigenvalue weighted by Gasteiger charge is 2.49. The molecule has 1 N–H and O–H groups in total. The van der Waals surface area contributed by atoms with Crippen molar-refractivity contribution in [3.05, 3.63) is 59.7 Å². The van der Waals surface area contributed by atoms with Gasteiger partial charge in [-0.25, -0.2) is 9.18 Å². The molecule has 1 aromatic heterocycles. The molecule has 0 radical (unpaired) electrons. The van der Waals surface area contributed by atoms with Gasteiger partial charge in [-0.1, -0.05) is 19.9 Å². The minimum atomic E-state index is -0.489. The summed E-state index contributed by atoms with van der Waals surface area (Å²) < 4.78 is 19.6. The van der Waals surface area contributed by atoms with E-state index in [9.17, 15) is 9.18 Å². The normalized spacial score (nSPS) is 24.5. The molecule has 2 aliphatic heterocycles. The van der Waals surface area contributed by atoms with Crippen LogP contribution in [0, 0.1) is 11.2 Å². The first-order valence-corrected chi connectivity index (χ1v) is 9.62. The van der Waals surface area contributed by atoms with Crippen molar-refractivity contribution in [3.8, 4) is 5.75 Å². The van der Waals surface area contributed by atoms with E-state index in [1.165, 1.54) is 12.1 Å². The summed E-state index contributed by atoms with van der Waals surface area (Å²) in [6.07, 6.45) is 4.13. The second-order valence-electron chi connectivity index (χ2n) is 9.05. The van der Waals surface area contributed by atoms with Crippen LogP contribution in [0.3, 0.4) is 0 Å². The van der Waals surface area contributed by atoms with Crippen molar-refractivity contribution in [2.45, 2.75) is 51.8 Å². The molecule has 0 bridgehead atoms. The topological polar surface area (TPSA) is 54.5 Å². The maximum absolute atomic E-state index is 13.7. The molecule has 5 nitrogen and oxygen atoms in total. The molecule has 0 saturated carbocycles. The Morgan fingerprint density at radius 1 is 1.21 bits per heavy atom. The van der Waals surface area contributed by atoms with Gasteiger partial charge in [-0.2, -0.15) is 0 Å². The number of fused-ring (bicyclic) bond motifs is 1. The number of urea groups is 1. The van der Waals surface area contributed by atoms with Gasteiger partial charge in [-0.3, -0.25) is 4.98 Å². The largest absolute Gasteiger partial charge is 0.487 e. The van der Waals surface area contributed by atoms with E-state index >= 15 is 0 Å². The smallest absolute Gasteiger partial charge is 0.318 e. The van der Waals surface area contributed by atoms with Gasteiger partial charge in [0.2, 0.25) is 0 Å². The quantitative estimate of drug-likeness (QED) is 0.824. The number of hydrogen-bond donors (Lipinski definition) is 1. The average molecular weight is 383 g/mol. The molecule has 2 atom stereocenters. The van der Waals surface area contributed by atoms with Crippen LogP contribution < -0.4 is 10.1 Å². The highest BCUT2D eigenvalue weighted by Crippen LogP contribution is 2.48. The highest BCUT2D eigenvalue weighted by atomic mass is 19.1. The van der Waals surface area contributed by atoms with Gasteiger partial charge in [0.25, 0.3) is 0 Å². The Bertz CT molecular complexity index is 898. The van der Waals surface area contributed by atoms with Gasteiger partial charge < -0.3 is 15.0 Å². The molecule has 0 aliphatic carbocycles. The van der Waals surface area contributed by atoms with Crippen LogP contribution in [0.1, 0.15) is 57.3 Å². The maximum atomic E-state index is 13.7. The van der Waals surface area contributed by atoms with Crippen LogP contribution in [-0.2, 0) is 0 Å². The number of nitrogens with zero attached hydrogens (tertiary/aromatic N) is 2. The molecule has 4 rings (SSSR count). The van der Waals surface area contributed by atoms with Crippen molar-refractivity contribution in [2.75, 3.05) is 6.54 Å². The monoisotopic (exact) mass is 383 g/mol. The summed E-state index contributed by atoms with van der Waals surface area (Å²) >= 11 is 0. The molecule has 6 heteroatoms. The lowest BCUT2D eigenvalue weighted by molar-refractivity contribution is -0.0191. The summed E-state index contributed by atoms with van der Waals surface area (Å²) in [6.45, 7) is 8.91. The predicted octanol–water partition coefficient (Wildman–Crippen LogP) is 4.62. The molecule has 0 spiro atoms. The number of rotatable bonds is 2. The number of halogens is 1. The molecular weight excluding hydrogens is 357 g/mol. The van der Waals surface area contributed by atoms with E-state index < -0.39 is 5.60 Å². The summed E-state index contributed by atoms with van der Waals surface area (Å²) in [5, 5.41) is 3.16. The minimum absolute atomic E-state index is 0.00367. The number of carbonyl (C=O) groups is 1. The fourth-order valence-corrected chi connectivity index (χ4v) is 4.48. The van der Waals surface area contributed by atoms with Crippen molar-refractivity contribution in [1.29, 1.82) is 0 Å². The number of aromatic nitrogens is 1. The zero-order valence-corrected chi connectivity index (χ0v) is 16.7. The summed E-state index contributed by atoms with van der Waals surface area (Å²) in [6, 6.07) is 8.08. The summed E-state index contributed by atoms with van der Waals surface area (Å²) in [4.78, 5) is 19.1. The third-order valence-corrected chi connectivity index (χ3v) is 5.64. The van der Waals surface area contributed by atoms with Crippen LogP contribution in [0.2, 0.25) is 0 Å². The van der Waals surface area contributed by atoms with E-state index in [4.69, 9.17) is 4.74 Å². The fraction of sp³-hybridized carbons (Fsp3) is 0.455. The standard InChI is InChI=1S/C22H26FN3O2/c1-21(2)13-26(19(21)14-7-9-24-10-8-14)20(27)25-17-12-22(3,4)28-18-11-15(23)5-6-16(17)18/h5-11,17,19H,12-13H2,1-4H3,(H,25,27). The Morgan fingerprint density at radius 2 is 1.93 bits per heavy atom. The molecule has 3 heterocycles. The molecule has 2 aliphatic rings. The maximum Gasteiger partial charge on any atom is 0.318 e. The van der Waals surface area contributed by atoms with E-state index in [2.05, 4.69) is 24.1 Å². The Hall–Kier alpha value is -2.63. The Kier molecular flexibility index (Phi) is 4.32. The van der Waals surface area contributed by atoms with Gasteiger partial charge in [0.15, 0.2) is 0 Å². The molecule has 2 amide bonds. The van der Waals surface area contributed by atoms with Gasteiger partial charge in [0.05, 0.1) is 12.1 Å². The van der Waals surface area contributed by atoms with Crippen molar-refractivity contribution in [2.24, 2.45) is 5.41 Å². The highest BCUT2D eigenvalue weighted by molar-refractivity contribution is 5.77. The number of amides is 2. The van der Waals surface area contributed by atoms with Crippen LogP contribution in [0.5, 0.6) is 5.75 Å². The van der Waals surface area contributed by atoms with Crippen molar-refractivity contribution >= 4 is 6.03 Å². The van der Waals surface area contributed by atoms with Gasteiger partial charge in [-0.05, 0) is 37.6 Å². The van der Waals surface area contributed by atoms with E-state index in [0.717, 1.165) is 11.1 Å². The van der Waals surface area contributed by atoms with Crippen LogP contribution in [-0.4, -0.2) is 28.1 Å². The van der Waals surface area contributed by atoms with E-state index in [0.29, 0.717) is 18.7 Å². The first kappa shape index (κ1) is 18.7. The Labute approximate surface area is 164 Å². The van der Waals surface area contributed by atoms with Gasteiger partial charge >= 0.3 is 6.03 Å². The Morgan fingerprint density at radius 3 is 2.61 bits per heavy atom. The van der Waals surface area contributed by atoms with Crippen molar-refractivity contribution in [3.63, 3.8) is 0 Å². The zero-order chi connectivity index (χ0) is 20.1. The molecule has 1 fully saturated rings. The lowest BCUT2D eigenvalue weighted by atomic mass is 9.72. The molecule has 1 saturated heterocycles. The summed E-state index contributed by atoms with van der Waals surface area (Å²) in [7, 11) is 0. The Balaban J connectivity index is 1.57. The number of benzene rings is 1. The predicted molar refractivity (Wildman–Crippen MR) is 104 cm³/mol. The lowest BCUT2D eigenvalue weighted by Crippen LogP contribution is -2.61. The van der Waals surface area contributed by atoms with Crippen LogP contribution >= 0.6 is 0 Å². The number of likely N-dealkylation sites (tertiary alicyclic amines) is 1. The first-order chi connectivity index (χ1) is 13.2. The van der Waals surface area contributed by atoms with E-state index in [1.807, 2.05) is 30.9 Å². The van der Waals surface area contributed by atoms with E-state index in [-0.39, 0.29) is 29.3 Å². The molecule has 28 heavy (non-hydrogen) atoms. The number of carbonyl (C=O) groups excluding carboxylic acids is 1. The molecule has 2 unspecified atom stereocenters. The fourth-order valence-electron chi connectivity index (χ4n) is 4.48. The molecular formula is C22H26FN3O2. The van der Waals surface area contributed by atoms with Crippen molar-refractivity contribution in [1.82, 2.24) is 15.2 Å².